The molecule has 1 saturated heterocycles. The van der Waals surface area contributed by atoms with E-state index in [2.05, 4.69) is 16.2 Å². The summed E-state index contributed by atoms with van der Waals surface area (Å²) in [6.45, 7) is 7.47. The van der Waals surface area contributed by atoms with Crippen molar-refractivity contribution in [1.29, 1.82) is 0 Å². The number of nitrogens with zero attached hydrogens (tertiary/aromatic N) is 2. The minimum Gasteiger partial charge on any atom is -0.383 e. The predicted molar refractivity (Wildman–Crippen MR) is 58.4 cm³/mol. The maximum Gasteiger partial charge on any atom is 0.0589 e. The third-order valence-electron chi connectivity index (χ3n) is 2.21. The van der Waals surface area contributed by atoms with E-state index < -0.39 is 0 Å². The number of hydrogen-bond acceptors (Lipinski definition) is 3. The van der Waals surface area contributed by atoms with Gasteiger partial charge in [0.1, 0.15) is 0 Å². The average molecular weight is 204 g/mol. The summed E-state index contributed by atoms with van der Waals surface area (Å²) >= 11 is 0. The van der Waals surface area contributed by atoms with Gasteiger partial charge < -0.3 is 4.74 Å². The molecule has 0 aromatic rings. The lowest BCUT2D eigenvalue weighted by Crippen LogP contribution is -2.39. The molecule has 0 radical (unpaired) electrons. The lowest BCUT2D eigenvalue weighted by atomic mass is 10.5. The van der Waals surface area contributed by atoms with Crippen molar-refractivity contribution in [3.8, 4) is 0 Å². The maximum absolute atomic E-state index is 5.06. The molecule has 78 valence electrons. The van der Waals surface area contributed by atoms with E-state index in [1.807, 2.05) is 0 Å². The van der Waals surface area contributed by atoms with Crippen LogP contribution in [0.5, 0.6) is 0 Å². The van der Waals surface area contributed by atoms with E-state index in [1.54, 1.807) is 7.11 Å². The Hall–Kier alpha value is 0.0700. The van der Waals surface area contributed by atoms with Gasteiger partial charge in [-0.1, -0.05) is 10.7 Å². The fraction of sp³-hybridized carbons (Fsp3) is 1.00. The van der Waals surface area contributed by atoms with Gasteiger partial charge >= 0.3 is 0 Å². The van der Waals surface area contributed by atoms with E-state index in [4.69, 9.17) is 4.74 Å². The molecule has 0 unspecified atom stereocenters. The summed E-state index contributed by atoms with van der Waals surface area (Å²) in [6, 6.07) is 0. The Labute approximate surface area is 83.6 Å². The van der Waals surface area contributed by atoms with Crippen LogP contribution in [0.4, 0.5) is 0 Å². The van der Waals surface area contributed by atoms with Crippen LogP contribution in [0.1, 0.15) is 6.92 Å². The van der Waals surface area contributed by atoms with Gasteiger partial charge in [-0.15, -0.1) is 0 Å². The van der Waals surface area contributed by atoms with Crippen LogP contribution in [0.2, 0.25) is 0 Å². The van der Waals surface area contributed by atoms with E-state index in [0.717, 1.165) is 19.7 Å². The van der Waals surface area contributed by atoms with Crippen molar-refractivity contribution >= 4 is 10.7 Å². The van der Waals surface area contributed by atoms with E-state index in [9.17, 15) is 0 Å². The van der Waals surface area contributed by atoms with Crippen molar-refractivity contribution in [2.45, 2.75) is 6.92 Å². The van der Waals surface area contributed by atoms with Crippen LogP contribution in [0, 0.1) is 0 Å². The van der Waals surface area contributed by atoms with Gasteiger partial charge in [-0.25, -0.2) is 0 Å². The van der Waals surface area contributed by atoms with Crippen molar-refractivity contribution < 1.29 is 4.74 Å². The largest absolute Gasteiger partial charge is 0.383 e. The fourth-order valence-corrected chi connectivity index (χ4v) is 3.20. The normalized spacial score (nSPS) is 20.5. The second-order valence-corrected chi connectivity index (χ2v) is 5.15. The molecule has 1 aliphatic heterocycles. The Morgan fingerprint density at radius 2 is 2.08 bits per heavy atom. The van der Waals surface area contributed by atoms with Gasteiger partial charge in [0.2, 0.25) is 0 Å². The third kappa shape index (κ3) is 4.20. The standard InChI is InChI=1S/C9H20N2OS/c1-3-10-13-8-5-11(6-9-13)4-7-12-2/h3-9H2,1-2H3. The van der Waals surface area contributed by atoms with Gasteiger partial charge in [-0.05, 0) is 6.92 Å². The first-order chi connectivity index (χ1) is 6.36. The zero-order chi connectivity index (χ0) is 9.52. The number of hydrogen-bond donors (Lipinski definition) is 0. The highest BCUT2D eigenvalue weighted by Gasteiger charge is 2.12. The monoisotopic (exact) mass is 204 g/mol. The first kappa shape index (κ1) is 11.1. The minimum absolute atomic E-state index is 0.372. The lowest BCUT2D eigenvalue weighted by molar-refractivity contribution is 0.153. The summed E-state index contributed by atoms with van der Waals surface area (Å²) in [5.74, 6) is 2.52. The summed E-state index contributed by atoms with van der Waals surface area (Å²) in [4.78, 5) is 2.47. The van der Waals surface area contributed by atoms with Gasteiger partial charge in [0.15, 0.2) is 0 Å². The topological polar surface area (TPSA) is 24.8 Å². The van der Waals surface area contributed by atoms with Crippen LogP contribution in [-0.4, -0.2) is 56.3 Å². The number of methoxy groups -OCH3 is 1. The quantitative estimate of drug-likeness (QED) is 0.676. The molecule has 0 N–H and O–H groups in total. The molecule has 13 heavy (non-hydrogen) atoms. The van der Waals surface area contributed by atoms with E-state index in [-0.39, 0.29) is 0 Å². The second-order valence-electron chi connectivity index (χ2n) is 3.15. The van der Waals surface area contributed by atoms with Crippen molar-refractivity contribution in [1.82, 2.24) is 4.90 Å². The smallest absolute Gasteiger partial charge is 0.0589 e. The summed E-state index contributed by atoms with van der Waals surface area (Å²) < 4.78 is 9.62. The second kappa shape index (κ2) is 6.51. The Balaban J connectivity index is 2.18. The molecule has 1 rings (SSSR count). The van der Waals surface area contributed by atoms with Crippen LogP contribution in [0.3, 0.4) is 0 Å². The van der Waals surface area contributed by atoms with Gasteiger partial charge in [-0.2, -0.15) is 0 Å². The highest BCUT2D eigenvalue weighted by molar-refractivity contribution is 7.87. The Bertz CT molecular complexity index is 163. The Morgan fingerprint density at radius 3 is 2.62 bits per heavy atom. The summed E-state index contributed by atoms with van der Waals surface area (Å²) in [5.41, 5.74) is 0. The van der Waals surface area contributed by atoms with Crippen LogP contribution in [0.15, 0.2) is 4.36 Å². The van der Waals surface area contributed by atoms with Gasteiger partial charge in [0, 0.05) is 44.8 Å². The molecule has 0 aromatic heterocycles. The minimum atomic E-state index is 0.372. The van der Waals surface area contributed by atoms with Crippen molar-refractivity contribution in [2.75, 3.05) is 51.4 Å². The molecule has 0 aromatic carbocycles. The Kier molecular flexibility index (Phi) is 5.58. The predicted octanol–water partition coefficient (Wildman–Crippen LogP) is 0.770. The summed E-state index contributed by atoms with van der Waals surface area (Å²) in [7, 11) is 2.14. The molecule has 0 saturated carbocycles. The molecule has 1 aliphatic rings. The van der Waals surface area contributed by atoms with Crippen molar-refractivity contribution in [3.63, 3.8) is 0 Å². The molecule has 0 aliphatic carbocycles. The SMILES string of the molecule is CCN=S1CCN(CCOC)CC1. The average Bonchev–Trinajstić information content (AvgIpc) is 2.17. The molecule has 0 atom stereocenters. The maximum atomic E-state index is 5.06. The summed E-state index contributed by atoms with van der Waals surface area (Å²) in [5, 5.41) is 0. The molecule has 1 heterocycles. The van der Waals surface area contributed by atoms with Crippen LogP contribution >= 0.6 is 0 Å². The molecule has 0 bridgehead atoms. The van der Waals surface area contributed by atoms with Crippen molar-refractivity contribution in [2.24, 2.45) is 4.36 Å². The van der Waals surface area contributed by atoms with Crippen LogP contribution < -0.4 is 0 Å². The molecule has 1 fully saturated rings. The molecular weight excluding hydrogens is 184 g/mol. The van der Waals surface area contributed by atoms with Crippen LogP contribution in [0.25, 0.3) is 0 Å². The first-order valence-corrected chi connectivity index (χ1v) is 6.45. The zero-order valence-electron chi connectivity index (χ0n) is 8.66. The molecule has 3 nitrogen and oxygen atoms in total. The molecule has 0 amide bonds. The number of rotatable bonds is 4. The van der Waals surface area contributed by atoms with Gasteiger partial charge in [-0.3, -0.25) is 9.26 Å². The van der Waals surface area contributed by atoms with E-state index >= 15 is 0 Å². The summed E-state index contributed by atoms with van der Waals surface area (Å²) in [6.07, 6.45) is 0. The molecular formula is C9H20N2OS. The first-order valence-electron chi connectivity index (χ1n) is 4.93. The number of ether oxygens (including phenoxy) is 1. The van der Waals surface area contributed by atoms with E-state index in [1.165, 1.54) is 24.6 Å². The molecule has 0 spiro atoms. The lowest BCUT2D eigenvalue weighted by Gasteiger charge is -2.27. The van der Waals surface area contributed by atoms with Gasteiger partial charge in [0.25, 0.3) is 0 Å². The van der Waals surface area contributed by atoms with E-state index in [0.29, 0.717) is 10.7 Å². The third-order valence-corrected chi connectivity index (χ3v) is 4.14. The molecule has 4 heteroatoms. The van der Waals surface area contributed by atoms with Crippen molar-refractivity contribution in [3.05, 3.63) is 0 Å². The zero-order valence-corrected chi connectivity index (χ0v) is 9.48. The van der Waals surface area contributed by atoms with Crippen LogP contribution in [-0.2, 0) is 15.4 Å². The highest BCUT2D eigenvalue weighted by atomic mass is 32.2. The fourth-order valence-electron chi connectivity index (χ4n) is 1.44. The van der Waals surface area contributed by atoms with Gasteiger partial charge in [0.05, 0.1) is 6.61 Å². The Morgan fingerprint density at radius 1 is 1.38 bits per heavy atom. The highest BCUT2D eigenvalue weighted by Crippen LogP contribution is 2.02.